The Kier molecular flexibility index (Phi) is 10.7. The molecule has 2 rings (SSSR count). The van der Waals surface area contributed by atoms with Gasteiger partial charge in [0, 0.05) is 32.0 Å². The highest BCUT2D eigenvalue weighted by molar-refractivity contribution is 5.75. The summed E-state index contributed by atoms with van der Waals surface area (Å²) < 4.78 is 7.89. The summed E-state index contributed by atoms with van der Waals surface area (Å²) in [6.07, 6.45) is 6.04. The largest absolute Gasteiger partial charge is 0.481 e. The minimum atomic E-state index is -0.833. The summed E-state index contributed by atoms with van der Waals surface area (Å²) in [5.74, 6) is 0.521. The van der Waals surface area contributed by atoms with E-state index in [4.69, 9.17) is 26.1 Å². The van der Waals surface area contributed by atoms with E-state index in [0.717, 1.165) is 64.4 Å². The molecular weight excluding hydrogens is 362 g/mol. The Morgan fingerprint density at radius 2 is 1.96 bits per heavy atom. The second-order valence-electron chi connectivity index (χ2n) is 7.21. The number of aromatic nitrogens is 3. The van der Waals surface area contributed by atoms with Crippen LogP contribution < -0.4 is 11.5 Å². The van der Waals surface area contributed by atoms with Crippen molar-refractivity contribution in [3.63, 3.8) is 0 Å². The molecule has 28 heavy (non-hydrogen) atoms. The van der Waals surface area contributed by atoms with E-state index < -0.39 is 11.9 Å². The molecule has 160 valence electrons. The number of nitrogens with zero attached hydrogens (tertiary/aromatic N) is 3. The maximum Gasteiger partial charge on any atom is 0.300 e. The highest BCUT2D eigenvalue weighted by atomic mass is 16.5. The van der Waals surface area contributed by atoms with Crippen molar-refractivity contribution in [1.29, 1.82) is 0 Å². The number of amides is 1. The lowest BCUT2D eigenvalue weighted by molar-refractivity contribution is -0.134. The number of carboxylic acids is 1. The Morgan fingerprint density at radius 3 is 2.54 bits per heavy atom. The SMILES string of the molecule is CC(=O)O.CCCCn1nc(CC(N)=O)nc1[C@H]1CC[C@@H](N)[C@H](OCCC)C1. The van der Waals surface area contributed by atoms with Crippen LogP contribution in [0, 0.1) is 0 Å². The molecule has 1 saturated carbocycles. The fraction of sp³-hybridized carbons (Fsp3) is 0.789. The van der Waals surface area contributed by atoms with Gasteiger partial charge >= 0.3 is 0 Å². The number of aliphatic carboxylic acids is 1. The Bertz CT molecular complexity index is 615. The molecule has 9 heteroatoms. The summed E-state index contributed by atoms with van der Waals surface area (Å²) in [6.45, 7) is 6.89. The Balaban J connectivity index is 0.000000892. The average Bonchev–Trinajstić information content (AvgIpc) is 3.00. The molecule has 1 fully saturated rings. The summed E-state index contributed by atoms with van der Waals surface area (Å²) in [5, 5.41) is 11.9. The van der Waals surface area contributed by atoms with Crippen molar-refractivity contribution in [3.8, 4) is 0 Å². The second-order valence-corrected chi connectivity index (χ2v) is 7.21. The van der Waals surface area contributed by atoms with Crippen LogP contribution in [0.3, 0.4) is 0 Å². The van der Waals surface area contributed by atoms with E-state index >= 15 is 0 Å². The first-order valence-corrected chi connectivity index (χ1v) is 10.1. The highest BCUT2D eigenvalue weighted by Crippen LogP contribution is 2.33. The van der Waals surface area contributed by atoms with Crippen molar-refractivity contribution >= 4 is 11.9 Å². The number of hydrogen-bond acceptors (Lipinski definition) is 6. The predicted octanol–water partition coefficient (Wildman–Crippen LogP) is 1.59. The number of carbonyl (C=O) groups excluding carboxylic acids is 1. The third kappa shape index (κ3) is 8.35. The Morgan fingerprint density at radius 1 is 1.29 bits per heavy atom. The number of nitrogens with two attached hydrogens (primary N) is 2. The molecule has 0 aromatic carbocycles. The standard InChI is InChI=1S/C17H31N5O2.C2H4O2/c1-3-5-8-22-17(20-16(21-22)11-15(19)23)12-6-7-13(18)14(10-12)24-9-4-2;1-2(3)4/h12-14H,3-11,18H2,1-2H3,(H2,19,23);1H3,(H,3,4)/t12-,13+,14+;/m0./s1. The number of primary amides is 1. The van der Waals surface area contributed by atoms with Crippen LogP contribution in [-0.4, -0.2) is 50.5 Å². The molecule has 0 bridgehead atoms. The molecule has 3 atom stereocenters. The summed E-state index contributed by atoms with van der Waals surface area (Å²) in [5.41, 5.74) is 11.5. The van der Waals surface area contributed by atoms with E-state index in [9.17, 15) is 4.79 Å². The molecule has 0 saturated heterocycles. The van der Waals surface area contributed by atoms with Crippen molar-refractivity contribution in [3.05, 3.63) is 11.6 Å². The molecule has 0 radical (unpaired) electrons. The normalized spacial score (nSPS) is 21.6. The van der Waals surface area contributed by atoms with Crippen molar-refractivity contribution < 1.29 is 19.4 Å². The number of carboxylic acid groups (broad SMARTS) is 1. The van der Waals surface area contributed by atoms with E-state index in [2.05, 4.69) is 23.9 Å². The smallest absolute Gasteiger partial charge is 0.300 e. The zero-order valence-corrected chi connectivity index (χ0v) is 17.3. The third-order valence-electron chi connectivity index (χ3n) is 4.54. The number of hydrogen-bond donors (Lipinski definition) is 3. The summed E-state index contributed by atoms with van der Waals surface area (Å²) in [6, 6.07) is 0.0879. The summed E-state index contributed by atoms with van der Waals surface area (Å²) >= 11 is 0. The molecule has 0 unspecified atom stereocenters. The van der Waals surface area contributed by atoms with Gasteiger partial charge in [-0.1, -0.05) is 20.3 Å². The lowest BCUT2D eigenvalue weighted by Gasteiger charge is -2.33. The van der Waals surface area contributed by atoms with Crippen LogP contribution in [0.2, 0.25) is 0 Å². The Hall–Kier alpha value is -2.00. The van der Waals surface area contributed by atoms with Crippen LogP contribution in [0.1, 0.15) is 76.9 Å². The van der Waals surface area contributed by atoms with E-state index in [1.165, 1.54) is 0 Å². The van der Waals surface area contributed by atoms with Crippen LogP contribution in [0.25, 0.3) is 0 Å². The first-order valence-electron chi connectivity index (χ1n) is 10.1. The van der Waals surface area contributed by atoms with Gasteiger partial charge < -0.3 is 21.3 Å². The monoisotopic (exact) mass is 397 g/mol. The number of rotatable bonds is 9. The van der Waals surface area contributed by atoms with Gasteiger partial charge in [0.15, 0.2) is 5.82 Å². The molecule has 1 heterocycles. The molecular formula is C19H35N5O4. The maximum atomic E-state index is 11.2. The zero-order chi connectivity index (χ0) is 21.1. The van der Waals surface area contributed by atoms with Crippen LogP contribution >= 0.6 is 0 Å². The molecule has 0 spiro atoms. The van der Waals surface area contributed by atoms with Gasteiger partial charge in [-0.3, -0.25) is 9.59 Å². The molecule has 1 aliphatic rings. The summed E-state index contributed by atoms with van der Waals surface area (Å²) in [7, 11) is 0. The number of unbranched alkanes of at least 4 members (excludes halogenated alkanes) is 1. The highest BCUT2D eigenvalue weighted by Gasteiger charge is 2.32. The van der Waals surface area contributed by atoms with Crippen LogP contribution in [-0.2, 0) is 27.3 Å². The number of carbonyl (C=O) groups is 2. The minimum absolute atomic E-state index is 0.0691. The van der Waals surface area contributed by atoms with E-state index in [1.54, 1.807) is 0 Å². The van der Waals surface area contributed by atoms with Crippen LogP contribution in [0.15, 0.2) is 0 Å². The lowest BCUT2D eigenvalue weighted by atomic mass is 9.83. The molecule has 0 aliphatic heterocycles. The molecule has 1 aromatic heterocycles. The topological polar surface area (TPSA) is 146 Å². The van der Waals surface area contributed by atoms with Gasteiger partial charge in [-0.25, -0.2) is 9.67 Å². The van der Waals surface area contributed by atoms with Gasteiger partial charge in [-0.05, 0) is 32.1 Å². The van der Waals surface area contributed by atoms with Crippen LogP contribution in [0.5, 0.6) is 0 Å². The molecule has 1 amide bonds. The van der Waals surface area contributed by atoms with E-state index in [-0.39, 0.29) is 24.5 Å². The van der Waals surface area contributed by atoms with Gasteiger partial charge in [0.05, 0.1) is 12.5 Å². The van der Waals surface area contributed by atoms with Crippen molar-refractivity contribution in [1.82, 2.24) is 14.8 Å². The first-order chi connectivity index (χ1) is 13.3. The Labute approximate surface area is 166 Å². The predicted molar refractivity (Wildman–Crippen MR) is 106 cm³/mol. The average molecular weight is 398 g/mol. The zero-order valence-electron chi connectivity index (χ0n) is 17.3. The van der Waals surface area contributed by atoms with E-state index in [1.807, 2.05) is 4.68 Å². The van der Waals surface area contributed by atoms with Crippen molar-refractivity contribution in [2.24, 2.45) is 11.5 Å². The van der Waals surface area contributed by atoms with Gasteiger partial charge in [0.1, 0.15) is 5.82 Å². The van der Waals surface area contributed by atoms with Gasteiger partial charge in [0.2, 0.25) is 5.91 Å². The van der Waals surface area contributed by atoms with Crippen molar-refractivity contribution in [2.45, 2.75) is 90.3 Å². The van der Waals surface area contributed by atoms with Gasteiger partial charge in [-0.15, -0.1) is 0 Å². The van der Waals surface area contributed by atoms with Crippen molar-refractivity contribution in [2.75, 3.05) is 6.61 Å². The maximum absolute atomic E-state index is 11.2. The fourth-order valence-corrected chi connectivity index (χ4v) is 3.26. The van der Waals surface area contributed by atoms with Crippen LogP contribution in [0.4, 0.5) is 0 Å². The second kappa shape index (κ2) is 12.5. The number of ether oxygens (including phenoxy) is 1. The molecule has 1 aliphatic carbocycles. The molecule has 1 aromatic rings. The fourth-order valence-electron chi connectivity index (χ4n) is 3.26. The third-order valence-corrected chi connectivity index (χ3v) is 4.54. The molecule has 5 N–H and O–H groups in total. The van der Waals surface area contributed by atoms with E-state index in [0.29, 0.717) is 5.82 Å². The van der Waals surface area contributed by atoms with Gasteiger partial charge in [-0.2, -0.15) is 5.10 Å². The van der Waals surface area contributed by atoms with Gasteiger partial charge in [0.25, 0.3) is 5.97 Å². The molecule has 9 nitrogen and oxygen atoms in total. The quantitative estimate of drug-likeness (QED) is 0.573. The lowest BCUT2D eigenvalue weighted by Crippen LogP contribution is -2.42. The summed E-state index contributed by atoms with van der Waals surface area (Å²) in [4.78, 5) is 24.8. The first kappa shape index (κ1) is 24.0. The minimum Gasteiger partial charge on any atom is -0.481 e. The number of aryl methyl sites for hydroxylation is 1.